The van der Waals surface area contributed by atoms with E-state index in [9.17, 15) is 9.59 Å². The molecule has 0 spiro atoms. The fourth-order valence-corrected chi connectivity index (χ4v) is 2.53. The first kappa shape index (κ1) is 15.5. The number of rotatable bonds is 5. The molecule has 1 aromatic rings. The zero-order valence-corrected chi connectivity index (χ0v) is 12.4. The second kappa shape index (κ2) is 7.81. The molecular weight excluding hydrogens is 268 g/mol. The minimum absolute atomic E-state index is 0.0387. The van der Waals surface area contributed by atoms with E-state index < -0.39 is 0 Å². The van der Waals surface area contributed by atoms with Crippen LogP contribution in [0.5, 0.6) is 0 Å². The first-order valence-electron chi connectivity index (χ1n) is 7.63. The maximum absolute atomic E-state index is 12.0. The third kappa shape index (κ3) is 4.59. The molecule has 0 bridgehead atoms. The van der Waals surface area contributed by atoms with Gasteiger partial charge in [-0.3, -0.25) is 4.79 Å². The highest BCUT2D eigenvalue weighted by Crippen LogP contribution is 2.27. The monoisotopic (exact) mass is 290 g/mol. The maximum Gasteiger partial charge on any atom is 0.338 e. The van der Waals surface area contributed by atoms with Crippen LogP contribution in [0.2, 0.25) is 0 Å². The third-order valence-corrected chi connectivity index (χ3v) is 3.74. The average molecular weight is 290 g/mol. The molecule has 0 unspecified atom stereocenters. The Morgan fingerprint density at radius 2 is 1.76 bits per heavy atom. The van der Waals surface area contributed by atoms with Crippen molar-refractivity contribution in [3.8, 4) is 0 Å². The van der Waals surface area contributed by atoms with Gasteiger partial charge in [0.05, 0.1) is 18.1 Å². The Morgan fingerprint density at radius 1 is 1.10 bits per heavy atom. The molecule has 4 nitrogen and oxygen atoms in total. The molecule has 0 radical (unpaired) electrons. The van der Waals surface area contributed by atoms with Crippen LogP contribution in [-0.4, -0.2) is 24.6 Å². The van der Waals surface area contributed by atoms with Crippen molar-refractivity contribution in [3.05, 3.63) is 35.9 Å². The molecule has 0 aliphatic heterocycles. The minimum atomic E-state index is -0.285. The molecule has 0 N–H and O–H groups in total. The van der Waals surface area contributed by atoms with Gasteiger partial charge in [-0.15, -0.1) is 0 Å². The molecule has 0 atom stereocenters. The van der Waals surface area contributed by atoms with E-state index in [2.05, 4.69) is 0 Å². The van der Waals surface area contributed by atoms with Crippen molar-refractivity contribution in [1.82, 2.24) is 0 Å². The van der Waals surface area contributed by atoms with Gasteiger partial charge in [0.15, 0.2) is 0 Å². The molecule has 0 aromatic heterocycles. The number of benzene rings is 1. The lowest BCUT2D eigenvalue weighted by Crippen LogP contribution is -2.29. The lowest BCUT2D eigenvalue weighted by atomic mass is 9.87. The molecule has 4 heteroatoms. The lowest BCUT2D eigenvalue weighted by Gasteiger charge is -2.27. The van der Waals surface area contributed by atoms with Gasteiger partial charge in [-0.25, -0.2) is 4.79 Å². The summed E-state index contributed by atoms with van der Waals surface area (Å²) in [5, 5.41) is 0. The molecule has 1 saturated carbocycles. The van der Waals surface area contributed by atoms with Crippen LogP contribution in [0, 0.1) is 5.92 Å². The van der Waals surface area contributed by atoms with Crippen LogP contribution < -0.4 is 0 Å². The Hall–Kier alpha value is -1.84. The van der Waals surface area contributed by atoms with Crippen LogP contribution in [0.15, 0.2) is 30.3 Å². The Labute approximate surface area is 125 Å². The number of carbonyl (C=O) groups excluding carboxylic acids is 2. The van der Waals surface area contributed by atoms with Crippen LogP contribution in [0.1, 0.15) is 49.4 Å². The highest BCUT2D eigenvalue weighted by atomic mass is 16.5. The van der Waals surface area contributed by atoms with Crippen molar-refractivity contribution in [2.24, 2.45) is 5.92 Å². The third-order valence-electron chi connectivity index (χ3n) is 3.74. The Kier molecular flexibility index (Phi) is 5.78. The molecular formula is C17H22O4. The fraction of sp³-hybridized carbons (Fsp3) is 0.529. The summed E-state index contributed by atoms with van der Waals surface area (Å²) in [4.78, 5) is 23.7. The van der Waals surface area contributed by atoms with Crippen LogP contribution in [0.3, 0.4) is 0 Å². The Balaban J connectivity index is 1.77. The summed E-state index contributed by atoms with van der Waals surface area (Å²) in [6.07, 6.45) is 3.67. The van der Waals surface area contributed by atoms with Gasteiger partial charge in [-0.05, 0) is 44.2 Å². The predicted molar refractivity (Wildman–Crippen MR) is 78.9 cm³/mol. The minimum Gasteiger partial charge on any atom is -0.465 e. The van der Waals surface area contributed by atoms with E-state index in [1.54, 1.807) is 12.1 Å². The van der Waals surface area contributed by atoms with Gasteiger partial charge in [0.2, 0.25) is 0 Å². The molecule has 114 valence electrons. The molecule has 2 rings (SSSR count). The van der Waals surface area contributed by atoms with Crippen molar-refractivity contribution >= 4 is 11.9 Å². The van der Waals surface area contributed by atoms with E-state index in [1.165, 1.54) is 0 Å². The average Bonchev–Trinajstić information content (AvgIpc) is 2.54. The van der Waals surface area contributed by atoms with E-state index in [0.29, 0.717) is 12.2 Å². The zero-order valence-electron chi connectivity index (χ0n) is 12.4. The van der Waals surface area contributed by atoms with Crippen molar-refractivity contribution in [2.45, 2.75) is 45.1 Å². The van der Waals surface area contributed by atoms with E-state index >= 15 is 0 Å². The van der Waals surface area contributed by atoms with E-state index in [0.717, 1.165) is 32.1 Å². The number of ether oxygens (including phenoxy) is 2. The van der Waals surface area contributed by atoms with Crippen LogP contribution >= 0.6 is 0 Å². The van der Waals surface area contributed by atoms with Gasteiger partial charge in [0, 0.05) is 0 Å². The molecule has 1 aliphatic carbocycles. The largest absolute Gasteiger partial charge is 0.465 e. The second-order valence-corrected chi connectivity index (χ2v) is 5.41. The first-order valence-corrected chi connectivity index (χ1v) is 7.63. The topological polar surface area (TPSA) is 52.6 Å². The van der Waals surface area contributed by atoms with E-state index in [1.807, 2.05) is 25.1 Å². The zero-order chi connectivity index (χ0) is 15.1. The maximum atomic E-state index is 12.0. The van der Waals surface area contributed by atoms with Crippen molar-refractivity contribution in [3.63, 3.8) is 0 Å². The molecule has 21 heavy (non-hydrogen) atoms. The lowest BCUT2D eigenvalue weighted by molar-refractivity contribution is -0.150. The fourth-order valence-electron chi connectivity index (χ4n) is 2.53. The van der Waals surface area contributed by atoms with Gasteiger partial charge in [-0.2, -0.15) is 0 Å². The molecule has 1 aliphatic rings. The highest BCUT2D eigenvalue weighted by molar-refractivity contribution is 5.89. The molecule has 1 aromatic carbocycles. The summed E-state index contributed by atoms with van der Waals surface area (Å²) in [6.45, 7) is 2.47. The van der Waals surface area contributed by atoms with E-state index in [4.69, 9.17) is 9.47 Å². The van der Waals surface area contributed by atoms with Gasteiger partial charge < -0.3 is 9.47 Å². The van der Waals surface area contributed by atoms with Gasteiger partial charge >= 0.3 is 11.9 Å². The number of carbonyl (C=O) groups is 2. The molecule has 1 fully saturated rings. The second-order valence-electron chi connectivity index (χ2n) is 5.41. The number of hydrogen-bond donors (Lipinski definition) is 0. The summed E-state index contributed by atoms with van der Waals surface area (Å²) >= 11 is 0. The standard InChI is InChI=1S/C17H22O4/c1-2-12-20-16(18)14-8-10-15(11-9-14)21-17(19)13-6-4-3-5-7-13/h3-7,14-15H,2,8-12H2,1H3. The highest BCUT2D eigenvalue weighted by Gasteiger charge is 2.29. The van der Waals surface area contributed by atoms with Crippen molar-refractivity contribution < 1.29 is 19.1 Å². The van der Waals surface area contributed by atoms with Crippen LogP contribution in [-0.2, 0) is 14.3 Å². The van der Waals surface area contributed by atoms with E-state index in [-0.39, 0.29) is 24.0 Å². The predicted octanol–water partition coefficient (Wildman–Crippen LogP) is 3.36. The number of hydrogen-bond acceptors (Lipinski definition) is 4. The van der Waals surface area contributed by atoms with Crippen LogP contribution in [0.4, 0.5) is 0 Å². The summed E-state index contributed by atoms with van der Waals surface area (Å²) in [6, 6.07) is 8.99. The quantitative estimate of drug-likeness (QED) is 0.780. The summed E-state index contributed by atoms with van der Waals surface area (Å²) < 4.78 is 10.7. The SMILES string of the molecule is CCCOC(=O)C1CCC(OC(=O)c2ccccc2)CC1. The van der Waals surface area contributed by atoms with Crippen LogP contribution in [0.25, 0.3) is 0 Å². The van der Waals surface area contributed by atoms with Gasteiger partial charge in [0.25, 0.3) is 0 Å². The summed E-state index contributed by atoms with van der Waals surface area (Å²) in [5.41, 5.74) is 0.571. The normalized spacial score (nSPS) is 21.6. The Bertz CT molecular complexity index is 461. The Morgan fingerprint density at radius 3 is 2.38 bits per heavy atom. The summed E-state index contributed by atoms with van der Waals surface area (Å²) in [7, 11) is 0. The first-order chi connectivity index (χ1) is 10.2. The smallest absolute Gasteiger partial charge is 0.338 e. The molecule has 0 heterocycles. The number of esters is 2. The summed E-state index contributed by atoms with van der Waals surface area (Å²) in [5.74, 6) is -0.430. The van der Waals surface area contributed by atoms with Gasteiger partial charge in [0.1, 0.15) is 6.10 Å². The van der Waals surface area contributed by atoms with Gasteiger partial charge in [-0.1, -0.05) is 25.1 Å². The molecule has 0 amide bonds. The van der Waals surface area contributed by atoms with Crippen molar-refractivity contribution in [2.75, 3.05) is 6.61 Å². The van der Waals surface area contributed by atoms with Crippen molar-refractivity contribution in [1.29, 1.82) is 0 Å². The molecule has 0 saturated heterocycles.